The maximum atomic E-state index is 12.9. The van der Waals surface area contributed by atoms with Crippen LogP contribution in [-0.4, -0.2) is 66.2 Å². The molecule has 0 saturated carbocycles. The van der Waals surface area contributed by atoms with E-state index in [9.17, 15) is 4.79 Å². The molecule has 0 bridgehead atoms. The van der Waals surface area contributed by atoms with Crippen LogP contribution in [0.1, 0.15) is 21.6 Å². The van der Waals surface area contributed by atoms with Gasteiger partial charge in [-0.05, 0) is 31.0 Å². The third-order valence-corrected chi connectivity index (χ3v) is 6.29. The van der Waals surface area contributed by atoms with Crippen molar-refractivity contribution in [1.29, 1.82) is 0 Å². The van der Waals surface area contributed by atoms with Crippen molar-refractivity contribution in [3.05, 3.63) is 35.0 Å². The fourth-order valence-corrected chi connectivity index (χ4v) is 4.40. The molecular formula is C20H23N5O3S. The summed E-state index contributed by atoms with van der Waals surface area (Å²) in [7, 11) is 2.96. The molecule has 1 aliphatic rings. The number of ether oxygens (including phenoxy) is 2. The van der Waals surface area contributed by atoms with Gasteiger partial charge in [0.25, 0.3) is 5.91 Å². The molecule has 3 heterocycles. The molecule has 0 unspecified atom stereocenters. The molecule has 1 amide bonds. The summed E-state index contributed by atoms with van der Waals surface area (Å²) in [6.45, 7) is 6.87. The number of carbonyl (C=O) groups excluding carboxylic acids is 1. The number of amides is 1. The Morgan fingerprint density at radius 3 is 2.48 bits per heavy atom. The highest BCUT2D eigenvalue weighted by atomic mass is 32.1. The van der Waals surface area contributed by atoms with Gasteiger partial charge in [0.05, 0.1) is 24.4 Å². The first-order valence-electron chi connectivity index (χ1n) is 9.38. The molecule has 1 fully saturated rings. The van der Waals surface area contributed by atoms with E-state index in [2.05, 4.69) is 40.8 Å². The summed E-state index contributed by atoms with van der Waals surface area (Å²) in [5, 5.41) is 1.01. The molecule has 4 rings (SSSR count). The molecule has 0 spiro atoms. The van der Waals surface area contributed by atoms with Crippen LogP contribution in [0.25, 0.3) is 10.2 Å². The van der Waals surface area contributed by atoms with Crippen molar-refractivity contribution in [2.45, 2.75) is 13.8 Å². The number of fused-ring (bicyclic) bond motifs is 1. The molecule has 3 aromatic rings. The molecule has 9 heteroatoms. The maximum absolute atomic E-state index is 12.9. The molecule has 0 atom stereocenters. The van der Waals surface area contributed by atoms with Gasteiger partial charge in [0.15, 0.2) is 5.13 Å². The summed E-state index contributed by atoms with van der Waals surface area (Å²) in [5.41, 5.74) is 3.82. The van der Waals surface area contributed by atoms with E-state index >= 15 is 0 Å². The molecule has 152 valence electrons. The molecule has 1 saturated heterocycles. The first kappa shape index (κ1) is 19.4. The smallest absolute Gasteiger partial charge is 0.320 e. The zero-order chi connectivity index (χ0) is 20.5. The zero-order valence-electron chi connectivity index (χ0n) is 16.9. The van der Waals surface area contributed by atoms with Gasteiger partial charge in [-0.25, -0.2) is 4.98 Å². The van der Waals surface area contributed by atoms with Crippen LogP contribution >= 0.6 is 11.3 Å². The van der Waals surface area contributed by atoms with E-state index in [-0.39, 0.29) is 17.6 Å². The van der Waals surface area contributed by atoms with E-state index in [1.165, 1.54) is 36.1 Å². The van der Waals surface area contributed by atoms with Crippen LogP contribution in [0.5, 0.6) is 11.9 Å². The number of nitrogens with zero attached hydrogens (tertiary/aromatic N) is 5. The summed E-state index contributed by atoms with van der Waals surface area (Å²) in [6, 6.07) is 5.93. The van der Waals surface area contributed by atoms with Crippen molar-refractivity contribution in [2.75, 3.05) is 45.3 Å². The third kappa shape index (κ3) is 3.69. The Balaban J connectivity index is 1.48. The van der Waals surface area contributed by atoms with Gasteiger partial charge in [-0.1, -0.05) is 17.4 Å². The number of thiazole rings is 1. The fourth-order valence-electron chi connectivity index (χ4n) is 3.32. The first-order valence-corrected chi connectivity index (χ1v) is 10.2. The summed E-state index contributed by atoms with van der Waals surface area (Å²) in [4.78, 5) is 30.0. The van der Waals surface area contributed by atoms with Gasteiger partial charge in [0.2, 0.25) is 5.88 Å². The Bertz CT molecular complexity index is 1040. The molecule has 0 radical (unpaired) electrons. The minimum absolute atomic E-state index is 0.117. The standard InChI is InChI=1S/C20H23N5O3S/c1-12-5-6-15-17(13(12)2)23-20(29-15)25-9-7-24(8-10-25)18(26)14-11-16(27-3)22-19(21-14)28-4/h5-6,11H,7-10H2,1-4H3. The summed E-state index contributed by atoms with van der Waals surface area (Å²) in [6.07, 6.45) is 0. The van der Waals surface area contributed by atoms with Crippen LogP contribution in [0, 0.1) is 13.8 Å². The van der Waals surface area contributed by atoms with E-state index in [0.29, 0.717) is 19.0 Å². The Morgan fingerprint density at radius 2 is 1.79 bits per heavy atom. The lowest BCUT2D eigenvalue weighted by Gasteiger charge is -2.34. The minimum atomic E-state index is -0.153. The number of carbonyl (C=O) groups is 1. The SMILES string of the molecule is COc1cc(C(=O)N2CCN(c3nc4c(C)c(C)ccc4s3)CC2)nc(OC)n1. The van der Waals surface area contributed by atoms with Crippen molar-refractivity contribution < 1.29 is 14.3 Å². The lowest BCUT2D eigenvalue weighted by atomic mass is 10.1. The number of methoxy groups -OCH3 is 2. The van der Waals surface area contributed by atoms with Crippen molar-refractivity contribution in [3.63, 3.8) is 0 Å². The van der Waals surface area contributed by atoms with E-state index in [1.54, 1.807) is 16.2 Å². The highest BCUT2D eigenvalue weighted by Gasteiger charge is 2.26. The molecule has 1 aliphatic heterocycles. The van der Waals surface area contributed by atoms with Gasteiger partial charge in [-0.2, -0.15) is 9.97 Å². The van der Waals surface area contributed by atoms with Crippen LogP contribution < -0.4 is 14.4 Å². The molecule has 2 aromatic heterocycles. The normalized spacial score (nSPS) is 14.3. The van der Waals surface area contributed by atoms with Crippen LogP contribution in [-0.2, 0) is 0 Å². The average molecular weight is 414 g/mol. The van der Waals surface area contributed by atoms with Gasteiger partial charge in [0.1, 0.15) is 5.69 Å². The van der Waals surface area contributed by atoms with Crippen LogP contribution in [0.2, 0.25) is 0 Å². The molecule has 0 aliphatic carbocycles. The van der Waals surface area contributed by atoms with Crippen LogP contribution in [0.15, 0.2) is 18.2 Å². The Kier molecular flexibility index (Phi) is 5.23. The van der Waals surface area contributed by atoms with Crippen molar-refractivity contribution >= 4 is 32.6 Å². The van der Waals surface area contributed by atoms with E-state index in [0.717, 1.165) is 23.7 Å². The number of anilines is 1. The van der Waals surface area contributed by atoms with Gasteiger partial charge in [-0.3, -0.25) is 4.79 Å². The zero-order valence-corrected chi connectivity index (χ0v) is 17.7. The first-order chi connectivity index (χ1) is 14.0. The van der Waals surface area contributed by atoms with Crippen molar-refractivity contribution in [2.24, 2.45) is 0 Å². The Hall–Kier alpha value is -2.94. The van der Waals surface area contributed by atoms with E-state index in [1.807, 2.05) is 0 Å². The number of rotatable bonds is 4. The summed E-state index contributed by atoms with van der Waals surface area (Å²) >= 11 is 1.70. The lowest BCUT2D eigenvalue weighted by molar-refractivity contribution is 0.0739. The monoisotopic (exact) mass is 413 g/mol. The van der Waals surface area contributed by atoms with Gasteiger partial charge >= 0.3 is 6.01 Å². The number of hydrogen-bond acceptors (Lipinski definition) is 8. The quantitative estimate of drug-likeness (QED) is 0.650. The summed E-state index contributed by atoms with van der Waals surface area (Å²) < 4.78 is 11.4. The number of hydrogen-bond donors (Lipinski definition) is 0. The summed E-state index contributed by atoms with van der Waals surface area (Å²) in [5.74, 6) is 0.151. The maximum Gasteiger partial charge on any atom is 0.320 e. The predicted molar refractivity (Wildman–Crippen MR) is 112 cm³/mol. The van der Waals surface area contributed by atoms with E-state index in [4.69, 9.17) is 14.5 Å². The third-order valence-electron chi connectivity index (χ3n) is 5.20. The lowest BCUT2D eigenvalue weighted by Crippen LogP contribution is -2.49. The number of piperazine rings is 1. The molecule has 29 heavy (non-hydrogen) atoms. The molecular weight excluding hydrogens is 390 g/mol. The number of aromatic nitrogens is 3. The van der Waals surface area contributed by atoms with Gasteiger partial charge in [0, 0.05) is 32.2 Å². The Morgan fingerprint density at radius 1 is 1.03 bits per heavy atom. The van der Waals surface area contributed by atoms with Gasteiger partial charge < -0.3 is 19.3 Å². The van der Waals surface area contributed by atoms with Crippen molar-refractivity contribution in [3.8, 4) is 11.9 Å². The average Bonchev–Trinajstić information content (AvgIpc) is 3.20. The highest BCUT2D eigenvalue weighted by Crippen LogP contribution is 2.32. The largest absolute Gasteiger partial charge is 0.481 e. The Labute approximate surface area is 173 Å². The van der Waals surface area contributed by atoms with Crippen LogP contribution in [0.4, 0.5) is 5.13 Å². The molecule has 8 nitrogen and oxygen atoms in total. The second-order valence-electron chi connectivity index (χ2n) is 6.91. The number of aryl methyl sites for hydroxylation is 2. The second kappa shape index (κ2) is 7.82. The molecule has 0 N–H and O–H groups in total. The fraction of sp³-hybridized carbons (Fsp3) is 0.400. The minimum Gasteiger partial charge on any atom is -0.481 e. The predicted octanol–water partition coefficient (Wildman–Crippen LogP) is 2.68. The second-order valence-corrected chi connectivity index (χ2v) is 7.92. The topological polar surface area (TPSA) is 80.7 Å². The molecule has 1 aromatic carbocycles. The highest BCUT2D eigenvalue weighted by molar-refractivity contribution is 7.22. The number of benzene rings is 1. The van der Waals surface area contributed by atoms with Crippen molar-refractivity contribution in [1.82, 2.24) is 19.9 Å². The van der Waals surface area contributed by atoms with Gasteiger partial charge in [-0.15, -0.1) is 0 Å². The van der Waals surface area contributed by atoms with Crippen LogP contribution in [0.3, 0.4) is 0 Å². The van der Waals surface area contributed by atoms with E-state index < -0.39 is 0 Å².